The molecule has 0 aliphatic rings. The minimum absolute atomic E-state index is 0.120. The van der Waals surface area contributed by atoms with Gasteiger partial charge in [-0.1, -0.05) is 24.3 Å². The summed E-state index contributed by atoms with van der Waals surface area (Å²) in [6.07, 6.45) is 0.400. The van der Waals surface area contributed by atoms with Gasteiger partial charge in [-0.3, -0.25) is 4.79 Å². The van der Waals surface area contributed by atoms with Crippen LogP contribution in [0.5, 0.6) is 5.75 Å². The zero-order valence-corrected chi connectivity index (χ0v) is 13.4. The van der Waals surface area contributed by atoms with Crippen LogP contribution in [0.15, 0.2) is 23.2 Å². The predicted octanol–water partition coefficient (Wildman–Crippen LogP) is 2.59. The number of rotatable bonds is 6. The summed E-state index contributed by atoms with van der Waals surface area (Å²) in [4.78, 5) is 16.6. The molecule has 1 aromatic heterocycles. The Bertz CT molecular complexity index is 688. The number of carbonyl (C=O) groups is 1. The Kier molecular flexibility index (Phi) is 5.52. The van der Waals surface area contributed by atoms with Gasteiger partial charge >= 0.3 is 0 Å². The number of ether oxygens (including phenoxy) is 2. The van der Waals surface area contributed by atoms with E-state index in [1.807, 2.05) is 36.6 Å². The van der Waals surface area contributed by atoms with Crippen molar-refractivity contribution in [2.45, 2.75) is 26.8 Å². The normalized spacial score (nSPS) is 12.0. The van der Waals surface area contributed by atoms with E-state index in [2.05, 4.69) is 4.99 Å². The molecule has 1 amide bonds. The third-order valence-electron chi connectivity index (χ3n) is 3.07. The van der Waals surface area contributed by atoms with E-state index >= 15 is 0 Å². The zero-order chi connectivity index (χ0) is 15.2. The smallest absolute Gasteiger partial charge is 0.248 e. The molecule has 0 aliphatic carbocycles. The largest absolute Gasteiger partial charge is 0.495 e. The van der Waals surface area contributed by atoms with E-state index in [0.717, 1.165) is 16.0 Å². The first-order valence-corrected chi connectivity index (χ1v) is 7.84. The van der Waals surface area contributed by atoms with E-state index in [9.17, 15) is 4.79 Å². The number of methoxy groups -OCH3 is 1. The molecule has 0 saturated heterocycles. The van der Waals surface area contributed by atoms with Crippen molar-refractivity contribution in [3.63, 3.8) is 0 Å². The van der Waals surface area contributed by atoms with Crippen molar-refractivity contribution in [3.8, 4) is 5.75 Å². The fourth-order valence-corrected chi connectivity index (χ4v) is 3.13. The summed E-state index contributed by atoms with van der Waals surface area (Å²) in [6, 6.07) is 5.86. The third-order valence-corrected chi connectivity index (χ3v) is 4.11. The van der Waals surface area contributed by atoms with Crippen LogP contribution in [0.4, 0.5) is 0 Å². The highest BCUT2D eigenvalue weighted by Crippen LogP contribution is 2.27. The average molecular weight is 308 g/mol. The lowest BCUT2D eigenvalue weighted by atomic mass is 10.3. The van der Waals surface area contributed by atoms with E-state index < -0.39 is 0 Å². The SMILES string of the molecule is CCOCCn1c(=NC(=O)CC)sc2cccc(OC)c21. The lowest BCUT2D eigenvalue weighted by Crippen LogP contribution is -2.19. The van der Waals surface area contributed by atoms with Crippen LogP contribution in [-0.2, 0) is 16.1 Å². The molecule has 1 aromatic carbocycles. The molecule has 0 bridgehead atoms. The first-order chi connectivity index (χ1) is 10.2. The molecule has 0 radical (unpaired) electrons. The number of fused-ring (bicyclic) bond motifs is 1. The van der Waals surface area contributed by atoms with Gasteiger partial charge in [0.05, 0.1) is 18.4 Å². The second kappa shape index (κ2) is 7.38. The number of thiazole rings is 1. The number of para-hydroxylation sites is 1. The van der Waals surface area contributed by atoms with Gasteiger partial charge in [-0.15, -0.1) is 0 Å². The summed E-state index contributed by atoms with van der Waals surface area (Å²) >= 11 is 1.50. The first kappa shape index (κ1) is 15.7. The summed E-state index contributed by atoms with van der Waals surface area (Å²) in [5.74, 6) is 0.663. The number of hydrogen-bond donors (Lipinski definition) is 0. The molecule has 21 heavy (non-hydrogen) atoms. The topological polar surface area (TPSA) is 52.8 Å². The van der Waals surface area contributed by atoms with Gasteiger partial charge in [0.1, 0.15) is 11.3 Å². The van der Waals surface area contributed by atoms with Crippen molar-refractivity contribution < 1.29 is 14.3 Å². The molecule has 2 rings (SSSR count). The van der Waals surface area contributed by atoms with Crippen LogP contribution in [0.3, 0.4) is 0 Å². The highest BCUT2D eigenvalue weighted by atomic mass is 32.1. The number of amides is 1. The van der Waals surface area contributed by atoms with E-state index in [-0.39, 0.29) is 5.91 Å². The molecule has 6 heteroatoms. The molecular weight excluding hydrogens is 288 g/mol. The standard InChI is InChI=1S/C15H20N2O3S/c1-4-13(18)16-15-17(9-10-20-5-2)14-11(19-3)7-6-8-12(14)21-15/h6-8H,4-5,9-10H2,1-3H3. The maximum atomic E-state index is 11.7. The highest BCUT2D eigenvalue weighted by Gasteiger charge is 2.11. The van der Waals surface area contributed by atoms with Crippen LogP contribution < -0.4 is 9.54 Å². The quantitative estimate of drug-likeness (QED) is 0.771. The summed E-state index contributed by atoms with van der Waals surface area (Å²) < 4.78 is 13.9. The molecule has 0 unspecified atom stereocenters. The Labute approximate surface area is 127 Å². The molecule has 0 fully saturated rings. The zero-order valence-electron chi connectivity index (χ0n) is 12.6. The minimum Gasteiger partial charge on any atom is -0.495 e. The minimum atomic E-state index is -0.120. The summed E-state index contributed by atoms with van der Waals surface area (Å²) in [6.45, 7) is 5.66. The van der Waals surface area contributed by atoms with Crippen LogP contribution in [0.25, 0.3) is 10.2 Å². The van der Waals surface area contributed by atoms with Gasteiger partial charge in [-0.2, -0.15) is 4.99 Å². The lowest BCUT2D eigenvalue weighted by Gasteiger charge is -2.08. The molecule has 0 saturated carbocycles. The number of hydrogen-bond acceptors (Lipinski definition) is 4. The molecule has 0 spiro atoms. The van der Waals surface area contributed by atoms with Crippen molar-refractivity contribution >= 4 is 27.5 Å². The number of nitrogens with zero attached hydrogens (tertiary/aromatic N) is 2. The Morgan fingerprint density at radius 2 is 2.19 bits per heavy atom. The van der Waals surface area contributed by atoms with Crippen LogP contribution in [0.2, 0.25) is 0 Å². The predicted molar refractivity (Wildman–Crippen MR) is 83.7 cm³/mol. The molecule has 5 nitrogen and oxygen atoms in total. The van der Waals surface area contributed by atoms with Crippen molar-refractivity contribution in [1.29, 1.82) is 0 Å². The van der Waals surface area contributed by atoms with Crippen LogP contribution in [0, 0.1) is 0 Å². The second-order valence-corrected chi connectivity index (χ2v) is 5.41. The Balaban J connectivity index is 2.58. The summed E-state index contributed by atoms with van der Waals surface area (Å²) in [7, 11) is 1.65. The molecule has 114 valence electrons. The maximum Gasteiger partial charge on any atom is 0.248 e. The third kappa shape index (κ3) is 3.51. The number of benzene rings is 1. The van der Waals surface area contributed by atoms with E-state index in [4.69, 9.17) is 9.47 Å². The first-order valence-electron chi connectivity index (χ1n) is 7.02. The Hall–Kier alpha value is -1.66. The number of aromatic nitrogens is 1. The lowest BCUT2D eigenvalue weighted by molar-refractivity contribution is -0.117. The second-order valence-electron chi connectivity index (χ2n) is 4.40. The number of carbonyl (C=O) groups excluding carboxylic acids is 1. The fraction of sp³-hybridized carbons (Fsp3) is 0.467. The monoisotopic (exact) mass is 308 g/mol. The van der Waals surface area contributed by atoms with Crippen LogP contribution >= 0.6 is 11.3 Å². The molecular formula is C15H20N2O3S. The molecule has 0 N–H and O–H groups in total. The maximum absolute atomic E-state index is 11.7. The average Bonchev–Trinajstić information content (AvgIpc) is 2.85. The van der Waals surface area contributed by atoms with Gasteiger partial charge in [-0.05, 0) is 19.1 Å². The molecule has 1 heterocycles. The van der Waals surface area contributed by atoms with Crippen LogP contribution in [-0.4, -0.2) is 30.8 Å². The van der Waals surface area contributed by atoms with Gasteiger partial charge in [0.25, 0.3) is 0 Å². The van der Waals surface area contributed by atoms with Gasteiger partial charge in [0.2, 0.25) is 5.91 Å². The van der Waals surface area contributed by atoms with E-state index in [1.165, 1.54) is 11.3 Å². The van der Waals surface area contributed by atoms with E-state index in [0.29, 0.717) is 31.0 Å². The van der Waals surface area contributed by atoms with Crippen molar-refractivity contribution in [3.05, 3.63) is 23.0 Å². The van der Waals surface area contributed by atoms with E-state index in [1.54, 1.807) is 7.11 Å². The highest BCUT2D eigenvalue weighted by molar-refractivity contribution is 7.16. The van der Waals surface area contributed by atoms with Gasteiger partial charge < -0.3 is 14.0 Å². The van der Waals surface area contributed by atoms with Crippen LogP contribution in [0.1, 0.15) is 20.3 Å². The summed E-state index contributed by atoms with van der Waals surface area (Å²) in [5.41, 5.74) is 0.965. The summed E-state index contributed by atoms with van der Waals surface area (Å²) in [5, 5.41) is 0. The molecule has 0 aliphatic heterocycles. The molecule has 0 atom stereocenters. The van der Waals surface area contributed by atoms with Crippen molar-refractivity contribution in [2.24, 2.45) is 4.99 Å². The van der Waals surface area contributed by atoms with Gasteiger partial charge in [0.15, 0.2) is 4.80 Å². The fourth-order valence-electron chi connectivity index (χ4n) is 2.04. The van der Waals surface area contributed by atoms with Crippen molar-refractivity contribution in [2.75, 3.05) is 20.3 Å². The van der Waals surface area contributed by atoms with Gasteiger partial charge in [-0.25, -0.2) is 0 Å². The molecule has 2 aromatic rings. The van der Waals surface area contributed by atoms with Crippen molar-refractivity contribution in [1.82, 2.24) is 4.57 Å². The Morgan fingerprint density at radius 1 is 1.38 bits per heavy atom. The van der Waals surface area contributed by atoms with Gasteiger partial charge in [0, 0.05) is 19.6 Å². The Morgan fingerprint density at radius 3 is 2.86 bits per heavy atom.